The van der Waals surface area contributed by atoms with E-state index in [4.69, 9.17) is 0 Å². The SMILES string of the molecule is O=C(NCc1nncn1CCc1ccccc1)[C@@H]1CC12CC2. The molecule has 0 saturated heterocycles. The van der Waals surface area contributed by atoms with Crippen LogP contribution in [-0.4, -0.2) is 20.7 Å². The Hall–Kier alpha value is -2.17. The number of benzene rings is 1. The van der Waals surface area contributed by atoms with E-state index in [0.29, 0.717) is 12.0 Å². The first-order valence-electron chi connectivity index (χ1n) is 7.95. The third-order valence-electron chi connectivity index (χ3n) is 5.00. The number of amides is 1. The van der Waals surface area contributed by atoms with Crippen molar-refractivity contribution in [3.8, 4) is 0 Å². The van der Waals surface area contributed by atoms with Gasteiger partial charge in [0.2, 0.25) is 5.91 Å². The van der Waals surface area contributed by atoms with Crippen molar-refractivity contribution in [1.29, 1.82) is 0 Å². The van der Waals surface area contributed by atoms with Gasteiger partial charge >= 0.3 is 0 Å². The first-order chi connectivity index (χ1) is 10.8. The van der Waals surface area contributed by atoms with Gasteiger partial charge < -0.3 is 9.88 Å². The molecular formula is C17H20N4O. The lowest BCUT2D eigenvalue weighted by molar-refractivity contribution is -0.122. The fourth-order valence-electron chi connectivity index (χ4n) is 3.22. The van der Waals surface area contributed by atoms with E-state index in [0.717, 1.165) is 25.2 Å². The number of hydrogen-bond donors (Lipinski definition) is 1. The van der Waals surface area contributed by atoms with Gasteiger partial charge in [0.05, 0.1) is 6.54 Å². The van der Waals surface area contributed by atoms with Gasteiger partial charge in [-0.3, -0.25) is 4.79 Å². The Morgan fingerprint density at radius 3 is 2.86 bits per heavy atom. The van der Waals surface area contributed by atoms with Crippen LogP contribution in [0.4, 0.5) is 0 Å². The van der Waals surface area contributed by atoms with Crippen LogP contribution in [0, 0.1) is 11.3 Å². The van der Waals surface area contributed by atoms with Crippen LogP contribution in [-0.2, 0) is 24.3 Å². The van der Waals surface area contributed by atoms with Crippen molar-refractivity contribution in [2.24, 2.45) is 11.3 Å². The summed E-state index contributed by atoms with van der Waals surface area (Å²) in [6.45, 7) is 1.30. The average molecular weight is 296 g/mol. The van der Waals surface area contributed by atoms with Crippen LogP contribution >= 0.6 is 0 Å². The summed E-state index contributed by atoms with van der Waals surface area (Å²) >= 11 is 0. The van der Waals surface area contributed by atoms with E-state index in [1.54, 1.807) is 6.33 Å². The molecule has 1 aromatic heterocycles. The number of nitrogens with zero attached hydrogens (tertiary/aromatic N) is 3. The maximum Gasteiger partial charge on any atom is 0.224 e. The van der Waals surface area contributed by atoms with Crippen molar-refractivity contribution >= 4 is 5.91 Å². The van der Waals surface area contributed by atoms with Crippen LogP contribution in [0.2, 0.25) is 0 Å². The second kappa shape index (κ2) is 5.23. The standard InChI is InChI=1S/C17H20N4O/c22-16(14-10-17(14)7-8-17)18-11-15-20-19-12-21(15)9-6-13-4-2-1-3-5-13/h1-5,12,14H,6-11H2,(H,18,22)/t14-/m0/s1. The number of carbonyl (C=O) groups excluding carboxylic acids is 1. The Kier molecular flexibility index (Phi) is 3.21. The van der Waals surface area contributed by atoms with Gasteiger partial charge in [-0.15, -0.1) is 10.2 Å². The molecule has 1 aromatic carbocycles. The Morgan fingerprint density at radius 1 is 1.32 bits per heavy atom. The zero-order valence-electron chi connectivity index (χ0n) is 12.5. The minimum atomic E-state index is 0.190. The molecule has 2 aliphatic carbocycles. The molecule has 22 heavy (non-hydrogen) atoms. The summed E-state index contributed by atoms with van der Waals surface area (Å²) in [6.07, 6.45) is 6.23. The fraction of sp³-hybridized carbons (Fsp3) is 0.471. The Morgan fingerprint density at radius 2 is 2.14 bits per heavy atom. The number of hydrogen-bond acceptors (Lipinski definition) is 3. The molecular weight excluding hydrogens is 276 g/mol. The molecule has 5 heteroatoms. The van der Waals surface area contributed by atoms with Crippen LogP contribution in [0.15, 0.2) is 36.7 Å². The molecule has 2 fully saturated rings. The normalized spacial score (nSPS) is 20.8. The number of aryl methyl sites for hydroxylation is 2. The first kappa shape index (κ1) is 13.5. The molecule has 2 aliphatic rings. The van der Waals surface area contributed by atoms with Crippen molar-refractivity contribution in [2.45, 2.75) is 38.8 Å². The van der Waals surface area contributed by atoms with Crippen molar-refractivity contribution in [3.05, 3.63) is 48.0 Å². The fourth-order valence-corrected chi connectivity index (χ4v) is 3.22. The van der Waals surface area contributed by atoms with Gasteiger partial charge in [-0.2, -0.15) is 0 Å². The Balaban J connectivity index is 1.31. The zero-order valence-corrected chi connectivity index (χ0v) is 12.5. The predicted octanol–water partition coefficient (Wildman–Crippen LogP) is 1.94. The van der Waals surface area contributed by atoms with Crippen LogP contribution in [0.5, 0.6) is 0 Å². The number of carbonyl (C=O) groups is 1. The van der Waals surface area contributed by atoms with Crippen molar-refractivity contribution in [3.63, 3.8) is 0 Å². The van der Waals surface area contributed by atoms with Crippen LogP contribution in [0.25, 0.3) is 0 Å². The second-order valence-electron chi connectivity index (χ2n) is 6.51. The smallest absolute Gasteiger partial charge is 0.224 e. The molecule has 1 N–H and O–H groups in total. The van der Waals surface area contributed by atoms with Gasteiger partial charge in [-0.1, -0.05) is 30.3 Å². The third-order valence-corrected chi connectivity index (χ3v) is 5.00. The van der Waals surface area contributed by atoms with Gasteiger partial charge in [-0.05, 0) is 36.7 Å². The summed E-state index contributed by atoms with van der Waals surface area (Å²) < 4.78 is 2.02. The number of nitrogens with one attached hydrogen (secondary N) is 1. The Labute approximate surface area is 129 Å². The highest BCUT2D eigenvalue weighted by molar-refractivity contribution is 5.83. The molecule has 0 aliphatic heterocycles. The summed E-state index contributed by atoms with van der Waals surface area (Å²) in [5.74, 6) is 1.28. The van der Waals surface area contributed by atoms with Crippen LogP contribution in [0.3, 0.4) is 0 Å². The van der Waals surface area contributed by atoms with Crippen LogP contribution < -0.4 is 5.32 Å². The lowest BCUT2D eigenvalue weighted by atomic mass is 10.1. The summed E-state index contributed by atoms with van der Waals surface area (Å²) in [4.78, 5) is 12.1. The molecule has 2 aromatic rings. The maximum atomic E-state index is 12.1. The highest BCUT2D eigenvalue weighted by atomic mass is 16.2. The molecule has 1 heterocycles. The number of rotatable bonds is 6. The highest BCUT2D eigenvalue weighted by Crippen LogP contribution is 2.70. The first-order valence-corrected chi connectivity index (χ1v) is 7.95. The van der Waals surface area contributed by atoms with Crippen molar-refractivity contribution in [2.75, 3.05) is 0 Å². The van der Waals surface area contributed by atoms with E-state index in [9.17, 15) is 4.79 Å². The van der Waals surface area contributed by atoms with Crippen molar-refractivity contribution in [1.82, 2.24) is 20.1 Å². The van der Waals surface area contributed by atoms with Crippen LogP contribution in [0.1, 0.15) is 30.7 Å². The minimum absolute atomic E-state index is 0.190. The van der Waals surface area contributed by atoms with E-state index in [1.165, 1.54) is 18.4 Å². The van der Waals surface area contributed by atoms with Crippen molar-refractivity contribution < 1.29 is 4.79 Å². The summed E-state index contributed by atoms with van der Waals surface area (Å²) in [5, 5.41) is 11.1. The van der Waals surface area contributed by atoms with Gasteiger partial charge in [0, 0.05) is 12.5 Å². The van der Waals surface area contributed by atoms with E-state index in [-0.39, 0.29) is 11.8 Å². The summed E-state index contributed by atoms with van der Waals surface area (Å²) in [7, 11) is 0. The van der Waals surface area contributed by atoms with Gasteiger partial charge in [-0.25, -0.2) is 0 Å². The second-order valence-corrected chi connectivity index (χ2v) is 6.51. The van der Waals surface area contributed by atoms with Gasteiger partial charge in [0.15, 0.2) is 5.82 Å². The molecule has 114 valence electrons. The average Bonchev–Trinajstić information content (AvgIpc) is 3.44. The zero-order chi connectivity index (χ0) is 15.0. The largest absolute Gasteiger partial charge is 0.349 e. The van der Waals surface area contributed by atoms with E-state index in [1.807, 2.05) is 22.8 Å². The van der Waals surface area contributed by atoms with Gasteiger partial charge in [0.1, 0.15) is 6.33 Å². The van der Waals surface area contributed by atoms with E-state index >= 15 is 0 Å². The molecule has 0 bridgehead atoms. The molecule has 1 amide bonds. The molecule has 5 nitrogen and oxygen atoms in total. The minimum Gasteiger partial charge on any atom is -0.349 e. The monoisotopic (exact) mass is 296 g/mol. The lowest BCUT2D eigenvalue weighted by Crippen LogP contribution is -2.27. The molecule has 1 spiro atoms. The quantitative estimate of drug-likeness (QED) is 0.886. The maximum absolute atomic E-state index is 12.1. The number of aromatic nitrogens is 3. The molecule has 4 rings (SSSR count). The lowest BCUT2D eigenvalue weighted by Gasteiger charge is -2.08. The molecule has 2 saturated carbocycles. The third kappa shape index (κ3) is 2.63. The summed E-state index contributed by atoms with van der Waals surface area (Å²) in [6, 6.07) is 10.4. The van der Waals surface area contributed by atoms with E-state index < -0.39 is 0 Å². The van der Waals surface area contributed by atoms with Gasteiger partial charge in [0.25, 0.3) is 0 Å². The molecule has 1 atom stereocenters. The molecule has 0 radical (unpaired) electrons. The highest BCUT2D eigenvalue weighted by Gasteiger charge is 2.65. The van der Waals surface area contributed by atoms with E-state index in [2.05, 4.69) is 27.6 Å². The Bertz CT molecular complexity index is 675. The summed E-state index contributed by atoms with van der Waals surface area (Å²) in [5.41, 5.74) is 1.70. The topological polar surface area (TPSA) is 59.8 Å². The molecule has 0 unspecified atom stereocenters. The predicted molar refractivity (Wildman–Crippen MR) is 81.8 cm³/mol.